The van der Waals surface area contributed by atoms with Crippen molar-refractivity contribution < 1.29 is 4.79 Å². The number of halogens is 3. The SMILES string of the molecule is CC1(C)C(C(=O)NN2CCCCC2)=NN(c2ccc(Cl)cc2Cl)C1c1ccc(Br)cc1. The van der Waals surface area contributed by atoms with Crippen molar-refractivity contribution in [2.24, 2.45) is 10.5 Å². The monoisotopic (exact) mass is 522 g/mol. The Kier molecular flexibility index (Phi) is 6.63. The highest BCUT2D eigenvalue weighted by molar-refractivity contribution is 9.10. The van der Waals surface area contributed by atoms with Gasteiger partial charge in [0.05, 0.1) is 16.8 Å². The normalized spacial score (nSPS) is 21.1. The number of anilines is 1. The summed E-state index contributed by atoms with van der Waals surface area (Å²) in [5.41, 5.74) is 4.75. The van der Waals surface area contributed by atoms with Gasteiger partial charge in [0, 0.05) is 28.0 Å². The summed E-state index contributed by atoms with van der Waals surface area (Å²) in [6, 6.07) is 13.2. The maximum Gasteiger partial charge on any atom is 0.282 e. The number of benzene rings is 2. The van der Waals surface area contributed by atoms with Crippen LogP contribution in [0.3, 0.4) is 0 Å². The Labute approximate surface area is 201 Å². The summed E-state index contributed by atoms with van der Waals surface area (Å²) in [6.07, 6.45) is 3.38. The van der Waals surface area contributed by atoms with Gasteiger partial charge >= 0.3 is 0 Å². The molecule has 1 atom stereocenters. The first-order valence-electron chi connectivity index (χ1n) is 10.4. The zero-order valence-corrected chi connectivity index (χ0v) is 20.6. The van der Waals surface area contributed by atoms with Gasteiger partial charge in [0.25, 0.3) is 5.91 Å². The number of hydrogen-bond acceptors (Lipinski definition) is 4. The molecular weight excluding hydrogens is 499 g/mol. The van der Waals surface area contributed by atoms with Crippen LogP contribution in [0.25, 0.3) is 0 Å². The summed E-state index contributed by atoms with van der Waals surface area (Å²) in [5, 5.41) is 9.72. The highest BCUT2D eigenvalue weighted by Crippen LogP contribution is 2.48. The number of nitrogens with zero attached hydrogens (tertiary/aromatic N) is 3. The van der Waals surface area contributed by atoms with E-state index in [1.165, 1.54) is 6.42 Å². The van der Waals surface area contributed by atoms with E-state index in [0.29, 0.717) is 21.4 Å². The van der Waals surface area contributed by atoms with Crippen molar-refractivity contribution in [1.82, 2.24) is 10.4 Å². The summed E-state index contributed by atoms with van der Waals surface area (Å²) in [7, 11) is 0. The van der Waals surface area contributed by atoms with E-state index < -0.39 is 5.41 Å². The van der Waals surface area contributed by atoms with Gasteiger partial charge in [0.2, 0.25) is 0 Å². The third-order valence-electron chi connectivity index (χ3n) is 5.92. The number of carbonyl (C=O) groups excluding carboxylic acids is 1. The number of rotatable bonds is 4. The fourth-order valence-electron chi connectivity index (χ4n) is 4.33. The number of hydrogen-bond donors (Lipinski definition) is 1. The van der Waals surface area contributed by atoms with E-state index in [-0.39, 0.29) is 11.9 Å². The lowest BCUT2D eigenvalue weighted by Gasteiger charge is -2.34. The number of amides is 1. The molecule has 1 unspecified atom stereocenters. The molecular formula is C23H25BrCl2N4O. The van der Waals surface area contributed by atoms with E-state index in [2.05, 4.69) is 35.2 Å². The third-order valence-corrected chi connectivity index (χ3v) is 6.99. The number of piperidine rings is 1. The lowest BCUT2D eigenvalue weighted by Crippen LogP contribution is -2.50. The van der Waals surface area contributed by atoms with Crippen LogP contribution in [-0.4, -0.2) is 29.7 Å². The van der Waals surface area contributed by atoms with Crippen LogP contribution in [0.5, 0.6) is 0 Å². The predicted molar refractivity (Wildman–Crippen MR) is 131 cm³/mol. The van der Waals surface area contributed by atoms with Gasteiger partial charge in [-0.05, 0) is 48.7 Å². The second kappa shape index (κ2) is 9.10. The topological polar surface area (TPSA) is 47.9 Å². The molecule has 1 fully saturated rings. The maximum atomic E-state index is 13.3. The minimum Gasteiger partial charge on any atom is -0.284 e. The van der Waals surface area contributed by atoms with E-state index in [4.69, 9.17) is 28.3 Å². The van der Waals surface area contributed by atoms with Gasteiger partial charge in [0.1, 0.15) is 5.71 Å². The number of nitrogens with one attached hydrogen (secondary N) is 1. The molecule has 164 valence electrons. The Morgan fingerprint density at radius 1 is 1.10 bits per heavy atom. The molecule has 2 heterocycles. The molecule has 1 amide bonds. The van der Waals surface area contributed by atoms with Crippen molar-refractivity contribution in [3.63, 3.8) is 0 Å². The molecule has 4 rings (SSSR count). The Balaban J connectivity index is 1.74. The Morgan fingerprint density at radius 3 is 2.42 bits per heavy atom. The maximum absolute atomic E-state index is 13.3. The van der Waals surface area contributed by atoms with Crippen LogP contribution in [-0.2, 0) is 4.79 Å². The highest BCUT2D eigenvalue weighted by atomic mass is 79.9. The molecule has 0 aliphatic carbocycles. The summed E-state index contributed by atoms with van der Waals surface area (Å²) in [4.78, 5) is 13.3. The van der Waals surface area contributed by atoms with Gasteiger partial charge in [0.15, 0.2) is 0 Å². The Morgan fingerprint density at radius 2 is 1.77 bits per heavy atom. The fraction of sp³-hybridized carbons (Fsp3) is 0.391. The average Bonchev–Trinajstić information content (AvgIpc) is 3.00. The smallest absolute Gasteiger partial charge is 0.282 e. The van der Waals surface area contributed by atoms with Crippen LogP contribution in [0.1, 0.15) is 44.7 Å². The molecule has 8 heteroatoms. The lowest BCUT2D eigenvalue weighted by molar-refractivity contribution is -0.120. The van der Waals surface area contributed by atoms with Gasteiger partial charge in [-0.2, -0.15) is 5.10 Å². The first-order chi connectivity index (χ1) is 14.8. The first-order valence-corrected chi connectivity index (χ1v) is 12.0. The van der Waals surface area contributed by atoms with Crippen molar-refractivity contribution in [3.05, 3.63) is 62.5 Å². The predicted octanol–water partition coefficient (Wildman–Crippen LogP) is 6.22. The van der Waals surface area contributed by atoms with Crippen molar-refractivity contribution >= 4 is 56.4 Å². The number of hydrazone groups is 1. The van der Waals surface area contributed by atoms with E-state index in [1.54, 1.807) is 12.1 Å². The summed E-state index contributed by atoms with van der Waals surface area (Å²) < 4.78 is 0.993. The van der Waals surface area contributed by atoms with Crippen molar-refractivity contribution in [2.75, 3.05) is 18.1 Å². The second-order valence-electron chi connectivity index (χ2n) is 8.55. The van der Waals surface area contributed by atoms with Crippen molar-refractivity contribution in [2.45, 2.75) is 39.2 Å². The van der Waals surface area contributed by atoms with Gasteiger partial charge in [-0.1, -0.05) is 71.5 Å². The van der Waals surface area contributed by atoms with E-state index in [1.807, 2.05) is 40.3 Å². The summed E-state index contributed by atoms with van der Waals surface area (Å²) >= 11 is 16.2. The third kappa shape index (κ3) is 4.63. The quantitative estimate of drug-likeness (QED) is 0.517. The minimum atomic E-state index is -0.559. The zero-order valence-electron chi connectivity index (χ0n) is 17.5. The zero-order chi connectivity index (χ0) is 22.2. The summed E-state index contributed by atoms with van der Waals surface area (Å²) in [5.74, 6) is -0.165. The molecule has 0 bridgehead atoms. The highest BCUT2D eigenvalue weighted by Gasteiger charge is 2.49. The van der Waals surface area contributed by atoms with Crippen LogP contribution in [0, 0.1) is 5.41 Å². The Hall–Kier alpha value is -1.60. The van der Waals surface area contributed by atoms with Gasteiger partial charge < -0.3 is 0 Å². The second-order valence-corrected chi connectivity index (χ2v) is 10.3. The average molecular weight is 524 g/mol. The number of hydrazine groups is 1. The molecule has 2 aliphatic heterocycles. The molecule has 2 aromatic rings. The molecule has 0 radical (unpaired) electrons. The fourth-order valence-corrected chi connectivity index (χ4v) is 5.09. The molecule has 2 aromatic carbocycles. The van der Waals surface area contributed by atoms with E-state index in [9.17, 15) is 4.79 Å². The number of carbonyl (C=O) groups is 1. The van der Waals surface area contributed by atoms with Crippen LogP contribution in [0.15, 0.2) is 52.0 Å². The molecule has 5 nitrogen and oxygen atoms in total. The molecule has 0 saturated carbocycles. The molecule has 1 N–H and O–H groups in total. The van der Waals surface area contributed by atoms with Crippen LogP contribution < -0.4 is 10.4 Å². The van der Waals surface area contributed by atoms with E-state index in [0.717, 1.165) is 36.0 Å². The molecule has 0 aromatic heterocycles. The largest absolute Gasteiger partial charge is 0.284 e. The van der Waals surface area contributed by atoms with Crippen LogP contribution >= 0.6 is 39.1 Å². The van der Waals surface area contributed by atoms with Crippen LogP contribution in [0.2, 0.25) is 10.0 Å². The Bertz CT molecular complexity index is 1000. The molecule has 2 aliphatic rings. The molecule has 31 heavy (non-hydrogen) atoms. The van der Waals surface area contributed by atoms with Crippen molar-refractivity contribution in [1.29, 1.82) is 0 Å². The summed E-state index contributed by atoms with van der Waals surface area (Å²) in [6.45, 7) is 5.83. The van der Waals surface area contributed by atoms with E-state index >= 15 is 0 Å². The standard InChI is InChI=1S/C23H25BrCl2N4O/c1-23(2)20(22(31)28-29-12-4-3-5-13-29)27-30(19-11-10-17(25)14-18(19)26)21(23)15-6-8-16(24)9-7-15/h6-11,14,21H,3-5,12-13H2,1-2H3,(H,28,31). The molecule has 1 saturated heterocycles. The van der Waals surface area contributed by atoms with Gasteiger partial charge in [-0.15, -0.1) is 0 Å². The minimum absolute atomic E-state index is 0.165. The van der Waals surface area contributed by atoms with Crippen LogP contribution in [0.4, 0.5) is 5.69 Å². The van der Waals surface area contributed by atoms with Gasteiger partial charge in [-0.25, -0.2) is 5.01 Å². The lowest BCUT2D eigenvalue weighted by atomic mass is 9.77. The first kappa shape index (κ1) is 22.6. The van der Waals surface area contributed by atoms with Crippen molar-refractivity contribution in [3.8, 4) is 0 Å². The van der Waals surface area contributed by atoms with Gasteiger partial charge in [-0.3, -0.25) is 15.2 Å². The molecule has 0 spiro atoms.